The molecular weight excluding hydrogens is 284 g/mol. The van der Waals surface area contributed by atoms with Gasteiger partial charge in [0.05, 0.1) is 5.25 Å². The second-order valence-electron chi connectivity index (χ2n) is 5.52. The number of halogens is 2. The predicted molar refractivity (Wildman–Crippen MR) is 73.9 cm³/mol. The van der Waals surface area contributed by atoms with Gasteiger partial charge in [-0.1, -0.05) is 12.5 Å². The fourth-order valence-electron chi connectivity index (χ4n) is 2.62. The first-order chi connectivity index (χ1) is 9.31. The molecule has 2 atom stereocenters. The molecule has 1 saturated carbocycles. The lowest BCUT2D eigenvalue weighted by molar-refractivity contribution is 0.498. The SMILES string of the molecule is CC(C)S(=O)(=O)N[C@@H]1CCC[C@@H]1c1ccc(F)cc1F. The minimum absolute atomic E-state index is 0.232. The van der Waals surface area contributed by atoms with Crippen LogP contribution in [0.3, 0.4) is 0 Å². The topological polar surface area (TPSA) is 46.2 Å². The van der Waals surface area contributed by atoms with Crippen molar-refractivity contribution in [1.82, 2.24) is 4.72 Å². The molecule has 1 aliphatic rings. The first-order valence-corrected chi connectivity index (χ1v) is 8.32. The quantitative estimate of drug-likeness (QED) is 0.929. The third kappa shape index (κ3) is 3.17. The maximum absolute atomic E-state index is 13.8. The van der Waals surface area contributed by atoms with Crippen molar-refractivity contribution in [1.29, 1.82) is 0 Å². The Labute approximate surface area is 118 Å². The van der Waals surface area contributed by atoms with Gasteiger partial charge in [0.2, 0.25) is 10.0 Å². The van der Waals surface area contributed by atoms with Crippen LogP contribution in [0.1, 0.15) is 44.6 Å². The summed E-state index contributed by atoms with van der Waals surface area (Å²) in [5, 5.41) is -0.526. The van der Waals surface area contributed by atoms with E-state index in [0.717, 1.165) is 12.5 Å². The van der Waals surface area contributed by atoms with Crippen molar-refractivity contribution in [3.63, 3.8) is 0 Å². The van der Waals surface area contributed by atoms with E-state index in [4.69, 9.17) is 0 Å². The highest BCUT2D eigenvalue weighted by atomic mass is 32.2. The van der Waals surface area contributed by atoms with Crippen molar-refractivity contribution < 1.29 is 17.2 Å². The Morgan fingerprint density at radius 3 is 2.55 bits per heavy atom. The van der Waals surface area contributed by atoms with Gasteiger partial charge >= 0.3 is 0 Å². The van der Waals surface area contributed by atoms with Gasteiger partial charge in [-0.3, -0.25) is 0 Å². The molecular formula is C14H19F2NO2S. The smallest absolute Gasteiger partial charge is 0.212 e. The van der Waals surface area contributed by atoms with Crippen molar-refractivity contribution in [3.8, 4) is 0 Å². The van der Waals surface area contributed by atoms with Gasteiger partial charge in [0.15, 0.2) is 0 Å². The molecule has 0 heterocycles. The summed E-state index contributed by atoms with van der Waals surface area (Å²) < 4.78 is 53.3. The molecule has 0 aromatic heterocycles. The normalized spacial score (nSPS) is 23.4. The van der Waals surface area contributed by atoms with Crippen molar-refractivity contribution in [2.24, 2.45) is 0 Å². The van der Waals surface area contributed by atoms with Crippen molar-refractivity contribution in [2.45, 2.75) is 50.3 Å². The van der Waals surface area contributed by atoms with Gasteiger partial charge in [-0.25, -0.2) is 21.9 Å². The van der Waals surface area contributed by atoms with Gasteiger partial charge < -0.3 is 0 Å². The summed E-state index contributed by atoms with van der Waals surface area (Å²) in [5.41, 5.74) is 0.389. The summed E-state index contributed by atoms with van der Waals surface area (Å²) in [7, 11) is -3.39. The number of nitrogens with one attached hydrogen (secondary N) is 1. The van der Waals surface area contributed by atoms with E-state index in [9.17, 15) is 17.2 Å². The number of benzene rings is 1. The molecule has 0 radical (unpaired) electrons. The molecule has 112 valence electrons. The summed E-state index contributed by atoms with van der Waals surface area (Å²) in [4.78, 5) is 0. The van der Waals surface area contributed by atoms with Crippen molar-refractivity contribution in [2.75, 3.05) is 0 Å². The minimum Gasteiger partial charge on any atom is -0.212 e. The molecule has 1 aliphatic carbocycles. The van der Waals surface area contributed by atoms with Crippen LogP contribution < -0.4 is 4.72 Å². The van der Waals surface area contributed by atoms with E-state index in [1.807, 2.05) is 0 Å². The molecule has 0 amide bonds. The first kappa shape index (κ1) is 15.4. The van der Waals surface area contributed by atoms with Crippen molar-refractivity contribution in [3.05, 3.63) is 35.4 Å². The maximum Gasteiger partial charge on any atom is 0.214 e. The summed E-state index contributed by atoms with van der Waals surface area (Å²) in [5.74, 6) is -1.46. The van der Waals surface area contributed by atoms with E-state index in [1.165, 1.54) is 12.1 Å². The van der Waals surface area contributed by atoms with Crippen LogP contribution in [0.5, 0.6) is 0 Å². The zero-order chi connectivity index (χ0) is 14.9. The largest absolute Gasteiger partial charge is 0.214 e. The average molecular weight is 303 g/mol. The molecule has 6 heteroatoms. The molecule has 0 saturated heterocycles. The Morgan fingerprint density at radius 2 is 1.95 bits per heavy atom. The van der Waals surface area contributed by atoms with Gasteiger partial charge in [-0.05, 0) is 38.3 Å². The van der Waals surface area contributed by atoms with E-state index in [-0.39, 0.29) is 12.0 Å². The van der Waals surface area contributed by atoms with E-state index < -0.39 is 26.9 Å². The zero-order valence-electron chi connectivity index (χ0n) is 11.6. The van der Waals surface area contributed by atoms with Crippen molar-refractivity contribution >= 4 is 10.0 Å². The summed E-state index contributed by atoms with van der Waals surface area (Å²) >= 11 is 0. The van der Waals surface area contributed by atoms with Crippen LogP contribution in [0.2, 0.25) is 0 Å². The molecule has 0 aliphatic heterocycles. The summed E-state index contributed by atoms with van der Waals surface area (Å²) in [6, 6.07) is 3.16. The molecule has 1 aromatic rings. The number of hydrogen-bond acceptors (Lipinski definition) is 2. The van der Waals surface area contributed by atoms with Gasteiger partial charge in [0, 0.05) is 18.0 Å². The van der Waals surface area contributed by atoms with Crippen LogP contribution in [0, 0.1) is 11.6 Å². The molecule has 0 bridgehead atoms. The lowest BCUT2D eigenvalue weighted by atomic mass is 9.94. The van der Waals surface area contributed by atoms with Gasteiger partial charge in [-0.15, -0.1) is 0 Å². The number of sulfonamides is 1. The van der Waals surface area contributed by atoms with Crippen LogP contribution in [0.15, 0.2) is 18.2 Å². The molecule has 1 aromatic carbocycles. The van der Waals surface area contributed by atoms with Crippen LogP contribution in [0.4, 0.5) is 8.78 Å². The Hall–Kier alpha value is -1.01. The molecule has 3 nitrogen and oxygen atoms in total. The lowest BCUT2D eigenvalue weighted by Gasteiger charge is -2.23. The molecule has 1 fully saturated rings. The fraction of sp³-hybridized carbons (Fsp3) is 0.571. The van der Waals surface area contributed by atoms with E-state index in [1.54, 1.807) is 13.8 Å². The van der Waals surface area contributed by atoms with Gasteiger partial charge in [0.25, 0.3) is 0 Å². The molecule has 0 spiro atoms. The molecule has 0 unspecified atom stereocenters. The third-order valence-electron chi connectivity index (χ3n) is 3.81. The Balaban J connectivity index is 2.23. The average Bonchev–Trinajstić information content (AvgIpc) is 2.76. The standard InChI is InChI=1S/C14H19F2NO2S/c1-9(2)20(18,19)17-14-5-3-4-12(14)11-7-6-10(15)8-13(11)16/h6-9,12,14,17H,3-5H2,1-2H3/t12-,14-/m1/s1. The molecule has 20 heavy (non-hydrogen) atoms. The number of rotatable bonds is 4. The highest BCUT2D eigenvalue weighted by molar-refractivity contribution is 7.90. The number of hydrogen-bond donors (Lipinski definition) is 1. The maximum atomic E-state index is 13.8. The Kier molecular flexibility index (Phi) is 4.44. The zero-order valence-corrected chi connectivity index (χ0v) is 12.4. The van der Waals surface area contributed by atoms with E-state index in [0.29, 0.717) is 18.4 Å². The molecule has 1 N–H and O–H groups in total. The van der Waals surface area contributed by atoms with Crippen LogP contribution in [-0.4, -0.2) is 19.7 Å². The monoisotopic (exact) mass is 303 g/mol. The van der Waals surface area contributed by atoms with Crippen LogP contribution in [-0.2, 0) is 10.0 Å². The predicted octanol–water partition coefficient (Wildman–Crippen LogP) is 2.93. The lowest BCUT2D eigenvalue weighted by Crippen LogP contribution is -2.40. The van der Waals surface area contributed by atoms with Crippen LogP contribution >= 0.6 is 0 Å². The van der Waals surface area contributed by atoms with Gasteiger partial charge in [-0.2, -0.15) is 0 Å². The second-order valence-corrected chi connectivity index (χ2v) is 7.79. The van der Waals surface area contributed by atoms with Gasteiger partial charge in [0.1, 0.15) is 11.6 Å². The van der Waals surface area contributed by atoms with E-state index >= 15 is 0 Å². The molecule has 2 rings (SSSR count). The van der Waals surface area contributed by atoms with E-state index in [2.05, 4.69) is 4.72 Å². The fourth-order valence-corrected chi connectivity index (χ4v) is 3.60. The Bertz CT molecular complexity index is 587. The second kappa shape index (κ2) is 5.77. The van der Waals surface area contributed by atoms with Crippen LogP contribution in [0.25, 0.3) is 0 Å². The first-order valence-electron chi connectivity index (χ1n) is 6.77. The minimum atomic E-state index is -3.39. The summed E-state index contributed by atoms with van der Waals surface area (Å²) in [6.07, 6.45) is 2.20. The third-order valence-corrected chi connectivity index (χ3v) is 5.69. The summed E-state index contributed by atoms with van der Waals surface area (Å²) in [6.45, 7) is 3.20. The highest BCUT2D eigenvalue weighted by Crippen LogP contribution is 2.36. The highest BCUT2D eigenvalue weighted by Gasteiger charge is 2.34. The Morgan fingerprint density at radius 1 is 1.25 bits per heavy atom.